The number of carbonyl (C=O) groups is 2. The molecule has 6 heteroatoms. The van der Waals surface area contributed by atoms with Gasteiger partial charge < -0.3 is 10.2 Å². The van der Waals surface area contributed by atoms with E-state index >= 15 is 0 Å². The van der Waals surface area contributed by atoms with E-state index in [4.69, 9.17) is 23.2 Å². The van der Waals surface area contributed by atoms with Gasteiger partial charge in [0.2, 0.25) is 5.91 Å². The van der Waals surface area contributed by atoms with Gasteiger partial charge in [-0.25, -0.2) is 0 Å². The standard InChI is InChI=1S/C20H20Cl2N2O2/c1-13-3-2-4-15(11-13)20(26)24-9-7-14(8-10-24)19(25)23-16-5-6-17(21)18(22)12-16/h2-6,11-12,14H,7-10H2,1H3,(H,23,25). The average molecular weight is 391 g/mol. The molecule has 26 heavy (non-hydrogen) atoms. The number of benzene rings is 2. The van der Waals surface area contributed by atoms with Crippen molar-refractivity contribution in [2.24, 2.45) is 5.92 Å². The number of likely N-dealkylation sites (tertiary alicyclic amines) is 1. The largest absolute Gasteiger partial charge is 0.339 e. The van der Waals surface area contributed by atoms with E-state index in [1.165, 1.54) is 0 Å². The molecule has 1 saturated heterocycles. The molecular formula is C20H20Cl2N2O2. The molecule has 4 nitrogen and oxygen atoms in total. The molecule has 136 valence electrons. The minimum absolute atomic E-state index is 0.0250. The van der Waals surface area contributed by atoms with Crippen LogP contribution in [0.25, 0.3) is 0 Å². The molecule has 1 fully saturated rings. The second-order valence-corrected chi connectivity index (χ2v) is 7.37. The molecule has 2 aromatic rings. The summed E-state index contributed by atoms with van der Waals surface area (Å²) in [6.45, 7) is 3.12. The molecule has 0 unspecified atom stereocenters. The van der Waals surface area contributed by atoms with Crippen molar-refractivity contribution in [2.75, 3.05) is 18.4 Å². The summed E-state index contributed by atoms with van der Waals surface area (Å²) in [5.74, 6) is -0.144. The van der Waals surface area contributed by atoms with Crippen LogP contribution in [0.5, 0.6) is 0 Å². The minimum Gasteiger partial charge on any atom is -0.339 e. The van der Waals surface area contributed by atoms with E-state index in [9.17, 15) is 9.59 Å². The van der Waals surface area contributed by atoms with Crippen molar-refractivity contribution < 1.29 is 9.59 Å². The maximum absolute atomic E-state index is 12.6. The number of amides is 2. The fraction of sp³-hybridized carbons (Fsp3) is 0.300. The minimum atomic E-state index is -0.119. The van der Waals surface area contributed by atoms with Crippen LogP contribution in [0, 0.1) is 12.8 Å². The number of hydrogen-bond donors (Lipinski definition) is 1. The number of nitrogens with one attached hydrogen (secondary N) is 1. The Morgan fingerprint density at radius 1 is 1.04 bits per heavy atom. The number of hydrogen-bond acceptors (Lipinski definition) is 2. The molecule has 0 aromatic heterocycles. The van der Waals surface area contributed by atoms with Gasteiger partial charge >= 0.3 is 0 Å². The van der Waals surface area contributed by atoms with Gasteiger partial charge in [0.1, 0.15) is 0 Å². The van der Waals surface area contributed by atoms with Gasteiger partial charge in [-0.05, 0) is 50.1 Å². The summed E-state index contributed by atoms with van der Waals surface area (Å²) >= 11 is 11.9. The molecule has 1 N–H and O–H groups in total. The molecule has 0 saturated carbocycles. The third-order valence-corrected chi connectivity index (χ3v) is 5.34. The predicted molar refractivity (Wildman–Crippen MR) is 105 cm³/mol. The summed E-state index contributed by atoms with van der Waals surface area (Å²) in [5, 5.41) is 3.73. The lowest BCUT2D eigenvalue weighted by Crippen LogP contribution is -2.41. The Morgan fingerprint density at radius 2 is 1.77 bits per heavy atom. The average Bonchev–Trinajstić information content (AvgIpc) is 2.64. The van der Waals surface area contributed by atoms with Gasteiger partial charge in [-0.15, -0.1) is 0 Å². The first-order valence-electron chi connectivity index (χ1n) is 8.56. The zero-order valence-corrected chi connectivity index (χ0v) is 16.0. The van der Waals surface area contributed by atoms with Crippen LogP contribution >= 0.6 is 23.2 Å². The van der Waals surface area contributed by atoms with E-state index in [1.807, 2.05) is 36.1 Å². The fourth-order valence-electron chi connectivity index (χ4n) is 3.12. The van der Waals surface area contributed by atoms with Crippen molar-refractivity contribution in [1.29, 1.82) is 0 Å². The summed E-state index contributed by atoms with van der Waals surface area (Å²) in [5.41, 5.74) is 2.39. The Bertz CT molecular complexity index is 830. The zero-order chi connectivity index (χ0) is 18.7. The van der Waals surface area contributed by atoms with E-state index in [-0.39, 0.29) is 17.7 Å². The third-order valence-electron chi connectivity index (χ3n) is 4.61. The van der Waals surface area contributed by atoms with Gasteiger partial charge in [0.25, 0.3) is 5.91 Å². The maximum Gasteiger partial charge on any atom is 0.253 e. The molecule has 2 amide bonds. The van der Waals surface area contributed by atoms with Crippen LogP contribution in [0.4, 0.5) is 5.69 Å². The number of anilines is 1. The number of rotatable bonds is 3. The highest BCUT2D eigenvalue weighted by atomic mass is 35.5. The van der Waals surface area contributed by atoms with Crippen molar-refractivity contribution in [3.63, 3.8) is 0 Å². The molecule has 0 radical (unpaired) electrons. The van der Waals surface area contributed by atoms with E-state index in [1.54, 1.807) is 18.2 Å². The summed E-state index contributed by atoms with van der Waals surface area (Å²) in [7, 11) is 0. The van der Waals surface area contributed by atoms with E-state index in [2.05, 4.69) is 5.32 Å². The molecule has 0 atom stereocenters. The van der Waals surface area contributed by atoms with Crippen molar-refractivity contribution in [3.8, 4) is 0 Å². The highest BCUT2D eigenvalue weighted by Gasteiger charge is 2.28. The van der Waals surface area contributed by atoms with Crippen LogP contribution in [0.3, 0.4) is 0 Å². The lowest BCUT2D eigenvalue weighted by molar-refractivity contribution is -0.121. The van der Waals surface area contributed by atoms with Gasteiger partial charge in [-0.3, -0.25) is 9.59 Å². The van der Waals surface area contributed by atoms with Crippen molar-refractivity contribution in [1.82, 2.24) is 4.90 Å². The van der Waals surface area contributed by atoms with Gasteiger partial charge in [0, 0.05) is 30.3 Å². The monoisotopic (exact) mass is 390 g/mol. The maximum atomic E-state index is 12.6. The Hall–Kier alpha value is -2.04. The number of carbonyl (C=O) groups excluding carboxylic acids is 2. The molecule has 0 aliphatic carbocycles. The van der Waals surface area contributed by atoms with E-state index in [0.29, 0.717) is 47.2 Å². The lowest BCUT2D eigenvalue weighted by Gasteiger charge is -2.31. The van der Waals surface area contributed by atoms with Gasteiger partial charge in [0.05, 0.1) is 10.0 Å². The predicted octanol–water partition coefficient (Wildman–Crippen LogP) is 4.79. The SMILES string of the molecule is Cc1cccc(C(=O)N2CCC(C(=O)Nc3ccc(Cl)c(Cl)c3)CC2)c1. The number of aryl methyl sites for hydroxylation is 1. The Kier molecular flexibility index (Phi) is 5.84. The topological polar surface area (TPSA) is 49.4 Å². The van der Waals surface area contributed by atoms with Crippen LogP contribution < -0.4 is 5.32 Å². The highest BCUT2D eigenvalue weighted by Crippen LogP contribution is 2.26. The second-order valence-electron chi connectivity index (χ2n) is 6.55. The number of nitrogens with zero attached hydrogens (tertiary/aromatic N) is 1. The first-order valence-corrected chi connectivity index (χ1v) is 9.31. The molecule has 1 aliphatic rings. The van der Waals surface area contributed by atoms with Crippen LogP contribution in [-0.2, 0) is 4.79 Å². The van der Waals surface area contributed by atoms with E-state index in [0.717, 1.165) is 5.56 Å². The zero-order valence-electron chi connectivity index (χ0n) is 14.5. The van der Waals surface area contributed by atoms with Gasteiger partial charge in [-0.1, -0.05) is 40.9 Å². The summed E-state index contributed by atoms with van der Waals surface area (Å²) in [6, 6.07) is 12.6. The van der Waals surface area contributed by atoms with Crippen LogP contribution in [-0.4, -0.2) is 29.8 Å². The molecule has 0 spiro atoms. The molecule has 3 rings (SSSR count). The second kappa shape index (κ2) is 8.11. The molecular weight excluding hydrogens is 371 g/mol. The van der Waals surface area contributed by atoms with Crippen LogP contribution in [0.1, 0.15) is 28.8 Å². The van der Waals surface area contributed by atoms with Crippen molar-refractivity contribution >= 4 is 40.7 Å². The number of piperidine rings is 1. The Morgan fingerprint density at radius 3 is 2.42 bits per heavy atom. The van der Waals surface area contributed by atoms with Gasteiger partial charge in [-0.2, -0.15) is 0 Å². The first-order chi connectivity index (χ1) is 12.4. The van der Waals surface area contributed by atoms with Crippen molar-refractivity contribution in [3.05, 3.63) is 63.6 Å². The fourth-order valence-corrected chi connectivity index (χ4v) is 3.42. The molecule has 0 bridgehead atoms. The third kappa shape index (κ3) is 4.37. The molecule has 1 heterocycles. The van der Waals surface area contributed by atoms with E-state index < -0.39 is 0 Å². The summed E-state index contributed by atoms with van der Waals surface area (Å²) in [4.78, 5) is 26.9. The smallest absolute Gasteiger partial charge is 0.253 e. The summed E-state index contributed by atoms with van der Waals surface area (Å²) < 4.78 is 0. The van der Waals surface area contributed by atoms with Crippen LogP contribution in [0.15, 0.2) is 42.5 Å². The number of halogens is 2. The highest BCUT2D eigenvalue weighted by molar-refractivity contribution is 6.42. The van der Waals surface area contributed by atoms with Crippen LogP contribution in [0.2, 0.25) is 10.0 Å². The van der Waals surface area contributed by atoms with Crippen molar-refractivity contribution in [2.45, 2.75) is 19.8 Å². The normalized spacial score (nSPS) is 15.0. The van der Waals surface area contributed by atoms with Gasteiger partial charge in [0.15, 0.2) is 0 Å². The Balaban J connectivity index is 1.56. The quantitative estimate of drug-likeness (QED) is 0.818. The molecule has 1 aliphatic heterocycles. The summed E-state index contributed by atoms with van der Waals surface area (Å²) in [6.07, 6.45) is 1.29. The Labute approximate surface area is 163 Å². The lowest BCUT2D eigenvalue weighted by atomic mass is 9.95. The first kappa shape index (κ1) is 18.7. The molecule has 2 aromatic carbocycles.